The summed E-state index contributed by atoms with van der Waals surface area (Å²) in [5.41, 5.74) is 0.877. The Balaban J connectivity index is 1.53. The first-order chi connectivity index (χ1) is 10.7. The number of halogens is 1. The fraction of sp³-hybridized carbons (Fsp3) is 0.500. The summed E-state index contributed by atoms with van der Waals surface area (Å²) < 4.78 is 18.7. The summed E-state index contributed by atoms with van der Waals surface area (Å²) in [4.78, 5) is 6.52. The second kappa shape index (κ2) is 5.44. The van der Waals surface area contributed by atoms with Gasteiger partial charge in [0, 0.05) is 18.5 Å². The van der Waals surface area contributed by atoms with Crippen LogP contribution >= 0.6 is 0 Å². The van der Waals surface area contributed by atoms with Crippen LogP contribution in [0.2, 0.25) is 0 Å². The molecule has 0 radical (unpaired) electrons. The lowest BCUT2D eigenvalue weighted by Gasteiger charge is -2.22. The number of likely N-dealkylation sites (tertiary alicyclic amines) is 1. The van der Waals surface area contributed by atoms with Crippen LogP contribution in [0.1, 0.15) is 48.5 Å². The van der Waals surface area contributed by atoms with E-state index in [-0.39, 0.29) is 11.9 Å². The fourth-order valence-corrected chi connectivity index (χ4v) is 3.12. The molecular formula is C16H18FN3O2. The van der Waals surface area contributed by atoms with Crippen molar-refractivity contribution in [1.29, 1.82) is 0 Å². The van der Waals surface area contributed by atoms with Crippen LogP contribution in [-0.4, -0.2) is 32.8 Å². The van der Waals surface area contributed by atoms with E-state index in [1.807, 2.05) is 6.07 Å². The zero-order valence-corrected chi connectivity index (χ0v) is 12.2. The Kier molecular flexibility index (Phi) is 3.43. The van der Waals surface area contributed by atoms with Crippen LogP contribution in [0.15, 0.2) is 28.8 Å². The maximum absolute atomic E-state index is 13.5. The molecule has 2 aliphatic rings. The maximum Gasteiger partial charge on any atom is 0.229 e. The monoisotopic (exact) mass is 303 g/mol. The van der Waals surface area contributed by atoms with Crippen molar-refractivity contribution in [2.24, 2.45) is 0 Å². The average Bonchev–Trinajstić information content (AvgIpc) is 3.13. The molecule has 4 rings (SSSR count). The Labute approximate surface area is 127 Å². The summed E-state index contributed by atoms with van der Waals surface area (Å²) >= 11 is 0. The molecule has 6 heteroatoms. The van der Waals surface area contributed by atoms with E-state index in [2.05, 4.69) is 15.0 Å². The number of hydrogen-bond acceptors (Lipinski definition) is 5. The van der Waals surface area contributed by atoms with Gasteiger partial charge in [0.2, 0.25) is 5.89 Å². The number of aliphatic hydroxyl groups excluding tert-OH is 1. The molecule has 2 fully saturated rings. The Morgan fingerprint density at radius 3 is 3.00 bits per heavy atom. The van der Waals surface area contributed by atoms with Crippen molar-refractivity contribution in [3.8, 4) is 0 Å². The highest BCUT2D eigenvalue weighted by Gasteiger charge is 2.34. The van der Waals surface area contributed by atoms with E-state index in [0.717, 1.165) is 24.3 Å². The van der Waals surface area contributed by atoms with Crippen molar-refractivity contribution >= 4 is 0 Å². The molecule has 1 saturated carbocycles. The Morgan fingerprint density at radius 1 is 1.36 bits per heavy atom. The van der Waals surface area contributed by atoms with E-state index >= 15 is 0 Å². The van der Waals surface area contributed by atoms with Crippen molar-refractivity contribution in [2.75, 3.05) is 6.54 Å². The first-order valence-corrected chi connectivity index (χ1v) is 7.69. The highest BCUT2D eigenvalue weighted by molar-refractivity contribution is 5.22. The first kappa shape index (κ1) is 13.8. The Morgan fingerprint density at radius 2 is 2.23 bits per heavy atom. The molecule has 116 valence electrons. The van der Waals surface area contributed by atoms with Crippen LogP contribution in [-0.2, 0) is 6.54 Å². The standard InChI is InChI=1S/C16H18FN3O2/c17-12-3-1-2-11(6-12)14-7-13(21)8-20(14)9-15-18-16(22-19-15)10-4-5-10/h1-3,6,10,13-14,21H,4-5,7-9H2/t13-,14-/m0/s1. The molecule has 1 N–H and O–H groups in total. The van der Waals surface area contributed by atoms with Crippen molar-refractivity contribution in [1.82, 2.24) is 15.0 Å². The van der Waals surface area contributed by atoms with Crippen LogP contribution in [0.4, 0.5) is 4.39 Å². The number of hydrogen-bond donors (Lipinski definition) is 1. The summed E-state index contributed by atoms with van der Waals surface area (Å²) in [6, 6.07) is 6.54. The number of rotatable bonds is 4. The van der Waals surface area contributed by atoms with Gasteiger partial charge in [0.25, 0.3) is 0 Å². The van der Waals surface area contributed by atoms with Crippen LogP contribution < -0.4 is 0 Å². The number of aliphatic hydroxyl groups is 1. The van der Waals surface area contributed by atoms with Gasteiger partial charge >= 0.3 is 0 Å². The minimum Gasteiger partial charge on any atom is -0.392 e. The lowest BCUT2D eigenvalue weighted by atomic mass is 10.0. The smallest absolute Gasteiger partial charge is 0.229 e. The normalized spacial score (nSPS) is 25.7. The van der Waals surface area contributed by atoms with Crippen LogP contribution in [0, 0.1) is 5.82 Å². The molecule has 0 unspecified atom stereocenters. The largest absolute Gasteiger partial charge is 0.392 e. The summed E-state index contributed by atoms with van der Waals surface area (Å²) in [6.07, 6.45) is 2.42. The fourth-order valence-electron chi connectivity index (χ4n) is 3.12. The van der Waals surface area contributed by atoms with Gasteiger partial charge in [-0.2, -0.15) is 4.98 Å². The number of benzene rings is 1. The predicted molar refractivity (Wildman–Crippen MR) is 76.4 cm³/mol. The van der Waals surface area contributed by atoms with Gasteiger partial charge in [-0.3, -0.25) is 4.90 Å². The summed E-state index contributed by atoms with van der Waals surface area (Å²) in [5, 5.41) is 14.0. The van der Waals surface area contributed by atoms with Crippen molar-refractivity contribution in [3.63, 3.8) is 0 Å². The van der Waals surface area contributed by atoms with Gasteiger partial charge in [-0.25, -0.2) is 4.39 Å². The number of aromatic nitrogens is 2. The molecular weight excluding hydrogens is 285 g/mol. The molecule has 2 heterocycles. The summed E-state index contributed by atoms with van der Waals surface area (Å²) in [6.45, 7) is 1.04. The van der Waals surface area contributed by atoms with Gasteiger partial charge in [-0.05, 0) is 37.0 Å². The Bertz CT molecular complexity index is 671. The van der Waals surface area contributed by atoms with Crippen LogP contribution in [0.25, 0.3) is 0 Å². The molecule has 1 saturated heterocycles. The molecule has 22 heavy (non-hydrogen) atoms. The third-order valence-corrected chi connectivity index (χ3v) is 4.37. The van der Waals surface area contributed by atoms with Gasteiger partial charge in [-0.1, -0.05) is 17.3 Å². The number of β-amino-alcohol motifs (C(OH)–C–C–N with tert-alkyl or cyclic N) is 1. The molecule has 0 bridgehead atoms. The van der Waals surface area contributed by atoms with Crippen molar-refractivity contribution in [3.05, 3.63) is 47.4 Å². The molecule has 2 atom stereocenters. The van der Waals surface area contributed by atoms with E-state index in [9.17, 15) is 9.50 Å². The quantitative estimate of drug-likeness (QED) is 0.939. The van der Waals surface area contributed by atoms with E-state index in [0.29, 0.717) is 31.3 Å². The average molecular weight is 303 g/mol. The lowest BCUT2D eigenvalue weighted by Crippen LogP contribution is -2.25. The third-order valence-electron chi connectivity index (χ3n) is 4.37. The summed E-state index contributed by atoms with van der Waals surface area (Å²) in [7, 11) is 0. The second-order valence-corrected chi connectivity index (χ2v) is 6.21. The van der Waals surface area contributed by atoms with E-state index in [4.69, 9.17) is 4.52 Å². The first-order valence-electron chi connectivity index (χ1n) is 7.69. The van der Waals surface area contributed by atoms with Crippen molar-refractivity contribution in [2.45, 2.75) is 43.9 Å². The molecule has 5 nitrogen and oxygen atoms in total. The number of nitrogens with zero attached hydrogens (tertiary/aromatic N) is 3. The lowest BCUT2D eigenvalue weighted by molar-refractivity contribution is 0.170. The molecule has 1 aliphatic heterocycles. The van der Waals surface area contributed by atoms with E-state index in [1.165, 1.54) is 12.1 Å². The molecule has 1 aromatic heterocycles. The zero-order valence-electron chi connectivity index (χ0n) is 12.2. The van der Waals surface area contributed by atoms with Crippen LogP contribution in [0.3, 0.4) is 0 Å². The van der Waals surface area contributed by atoms with Crippen molar-refractivity contribution < 1.29 is 14.0 Å². The molecule has 1 aromatic carbocycles. The van der Waals surface area contributed by atoms with Gasteiger partial charge in [-0.15, -0.1) is 0 Å². The minimum atomic E-state index is -0.414. The van der Waals surface area contributed by atoms with Gasteiger partial charge in [0.05, 0.1) is 12.6 Å². The maximum atomic E-state index is 13.5. The van der Waals surface area contributed by atoms with Gasteiger partial charge < -0.3 is 9.63 Å². The molecule has 0 amide bonds. The van der Waals surface area contributed by atoms with E-state index < -0.39 is 6.10 Å². The third kappa shape index (κ3) is 2.76. The zero-order chi connectivity index (χ0) is 15.1. The molecule has 1 aliphatic carbocycles. The van der Waals surface area contributed by atoms with Crippen LogP contribution in [0.5, 0.6) is 0 Å². The van der Waals surface area contributed by atoms with Gasteiger partial charge in [0.15, 0.2) is 5.82 Å². The minimum absolute atomic E-state index is 0.0198. The highest BCUT2D eigenvalue weighted by Crippen LogP contribution is 2.39. The van der Waals surface area contributed by atoms with Gasteiger partial charge in [0.1, 0.15) is 5.82 Å². The Hall–Kier alpha value is -1.79. The highest BCUT2D eigenvalue weighted by atomic mass is 19.1. The van der Waals surface area contributed by atoms with E-state index in [1.54, 1.807) is 6.07 Å². The SMILES string of the molecule is O[C@H]1C[C@@H](c2cccc(F)c2)N(Cc2noc(C3CC3)n2)C1. The topological polar surface area (TPSA) is 62.4 Å². The second-order valence-electron chi connectivity index (χ2n) is 6.21. The molecule has 0 spiro atoms. The summed E-state index contributed by atoms with van der Waals surface area (Å²) in [5.74, 6) is 1.54. The molecule has 2 aromatic rings. The predicted octanol–water partition coefficient (Wildman–Crippen LogP) is 2.39.